The van der Waals surface area contributed by atoms with Crippen molar-refractivity contribution in [1.29, 1.82) is 0 Å². The Labute approximate surface area is 156 Å². The molecule has 0 atom stereocenters. The quantitative estimate of drug-likeness (QED) is 0.744. The van der Waals surface area contributed by atoms with E-state index in [1.54, 1.807) is 6.07 Å². The molecular formula is C18H13F2N3O3S. The Kier molecular flexibility index (Phi) is 4.44. The minimum Gasteiger partial charge on any atom is -0.459 e. The highest BCUT2D eigenvalue weighted by Gasteiger charge is 2.28. The number of thiazole rings is 1. The Morgan fingerprint density at radius 2 is 1.96 bits per heavy atom. The second kappa shape index (κ2) is 6.92. The SMILES string of the molecule is O=C(Nc1nc2c(s1)CN(C(=O)c1c(F)cccc1F)CC2)c1ccco1. The number of furan rings is 1. The van der Waals surface area contributed by atoms with Gasteiger partial charge in [0.05, 0.1) is 18.5 Å². The van der Waals surface area contributed by atoms with Crippen LogP contribution in [0.2, 0.25) is 0 Å². The molecular weight excluding hydrogens is 376 g/mol. The molecule has 3 heterocycles. The van der Waals surface area contributed by atoms with E-state index in [0.717, 1.165) is 22.7 Å². The van der Waals surface area contributed by atoms with Crippen LogP contribution in [0.15, 0.2) is 41.0 Å². The summed E-state index contributed by atoms with van der Waals surface area (Å²) in [6.07, 6.45) is 1.83. The number of amides is 2. The highest BCUT2D eigenvalue weighted by Crippen LogP contribution is 2.30. The van der Waals surface area contributed by atoms with Gasteiger partial charge in [0.25, 0.3) is 11.8 Å². The summed E-state index contributed by atoms with van der Waals surface area (Å²) >= 11 is 1.22. The minimum absolute atomic E-state index is 0.162. The van der Waals surface area contributed by atoms with Crippen molar-refractivity contribution in [3.05, 3.63) is 70.1 Å². The number of nitrogens with zero attached hydrogens (tertiary/aromatic N) is 2. The van der Waals surface area contributed by atoms with E-state index in [9.17, 15) is 18.4 Å². The van der Waals surface area contributed by atoms with Gasteiger partial charge < -0.3 is 9.32 Å². The van der Waals surface area contributed by atoms with Crippen LogP contribution in [0.3, 0.4) is 0 Å². The van der Waals surface area contributed by atoms with Gasteiger partial charge in [0.1, 0.15) is 17.2 Å². The molecule has 2 amide bonds. The number of aromatic nitrogens is 1. The lowest BCUT2D eigenvalue weighted by atomic mass is 10.1. The number of carbonyl (C=O) groups excluding carboxylic acids is 2. The average molecular weight is 389 g/mol. The van der Waals surface area contributed by atoms with Crippen LogP contribution in [0.1, 0.15) is 31.5 Å². The number of rotatable bonds is 3. The van der Waals surface area contributed by atoms with Crippen molar-refractivity contribution in [2.24, 2.45) is 0 Å². The van der Waals surface area contributed by atoms with Crippen molar-refractivity contribution in [1.82, 2.24) is 9.88 Å². The number of fused-ring (bicyclic) bond motifs is 1. The molecule has 2 aromatic heterocycles. The molecule has 0 unspecified atom stereocenters. The molecule has 1 aliphatic rings. The van der Waals surface area contributed by atoms with Crippen molar-refractivity contribution < 1.29 is 22.8 Å². The number of hydrogen-bond donors (Lipinski definition) is 1. The van der Waals surface area contributed by atoms with E-state index in [1.807, 2.05) is 0 Å². The lowest BCUT2D eigenvalue weighted by molar-refractivity contribution is 0.0726. The molecule has 6 nitrogen and oxygen atoms in total. The van der Waals surface area contributed by atoms with Gasteiger partial charge >= 0.3 is 0 Å². The molecule has 0 fully saturated rings. The number of anilines is 1. The zero-order valence-corrected chi connectivity index (χ0v) is 14.7. The van der Waals surface area contributed by atoms with Crippen LogP contribution < -0.4 is 5.32 Å². The monoisotopic (exact) mass is 389 g/mol. The Balaban J connectivity index is 1.51. The summed E-state index contributed by atoms with van der Waals surface area (Å²) in [5.41, 5.74) is 0.199. The smallest absolute Gasteiger partial charge is 0.293 e. The van der Waals surface area contributed by atoms with Crippen LogP contribution >= 0.6 is 11.3 Å². The fourth-order valence-corrected chi connectivity index (χ4v) is 3.87. The largest absolute Gasteiger partial charge is 0.459 e. The van der Waals surface area contributed by atoms with Crippen LogP contribution in [0, 0.1) is 11.6 Å². The van der Waals surface area contributed by atoms with Gasteiger partial charge in [0, 0.05) is 17.8 Å². The molecule has 4 rings (SSSR count). The van der Waals surface area contributed by atoms with E-state index in [2.05, 4.69) is 10.3 Å². The highest BCUT2D eigenvalue weighted by atomic mass is 32.1. The summed E-state index contributed by atoms with van der Waals surface area (Å²) in [6, 6.07) is 6.47. The van der Waals surface area contributed by atoms with Crippen molar-refractivity contribution >= 4 is 28.3 Å². The second-order valence-electron chi connectivity index (χ2n) is 5.89. The van der Waals surface area contributed by atoms with Gasteiger partial charge in [-0.2, -0.15) is 0 Å². The van der Waals surface area contributed by atoms with Crippen LogP contribution in [0.4, 0.5) is 13.9 Å². The lowest BCUT2D eigenvalue weighted by Gasteiger charge is -2.26. The Hall–Kier alpha value is -3.07. The maximum absolute atomic E-state index is 13.9. The summed E-state index contributed by atoms with van der Waals surface area (Å²) in [4.78, 5) is 31.1. The predicted molar refractivity (Wildman–Crippen MR) is 93.6 cm³/mol. The number of benzene rings is 1. The predicted octanol–water partition coefficient (Wildman–Crippen LogP) is 3.47. The standard InChI is InChI=1S/C18H13F2N3O3S/c19-10-3-1-4-11(20)15(10)17(25)23-7-6-12-14(9-23)27-18(21-12)22-16(24)13-5-2-8-26-13/h1-5,8H,6-7,9H2,(H,21,22,24). The molecule has 138 valence electrons. The van der Waals surface area contributed by atoms with Gasteiger partial charge in [-0.1, -0.05) is 17.4 Å². The third-order valence-electron chi connectivity index (χ3n) is 4.16. The Morgan fingerprint density at radius 1 is 1.19 bits per heavy atom. The molecule has 1 aromatic carbocycles. The molecule has 0 saturated carbocycles. The van der Waals surface area contributed by atoms with Crippen LogP contribution in [0.5, 0.6) is 0 Å². The van der Waals surface area contributed by atoms with Crippen molar-refractivity contribution in [2.45, 2.75) is 13.0 Å². The van der Waals surface area contributed by atoms with Gasteiger partial charge in [0.2, 0.25) is 0 Å². The average Bonchev–Trinajstić information content (AvgIpc) is 3.30. The van der Waals surface area contributed by atoms with Gasteiger partial charge in [-0.25, -0.2) is 13.8 Å². The normalized spacial score (nSPS) is 13.3. The maximum atomic E-state index is 13.9. The van der Waals surface area contributed by atoms with Gasteiger partial charge in [0.15, 0.2) is 10.9 Å². The van der Waals surface area contributed by atoms with E-state index in [-0.39, 0.29) is 18.8 Å². The Bertz CT molecular complexity index is 997. The van der Waals surface area contributed by atoms with Crippen molar-refractivity contribution in [2.75, 3.05) is 11.9 Å². The fraction of sp³-hybridized carbons (Fsp3) is 0.167. The topological polar surface area (TPSA) is 75.4 Å². The zero-order chi connectivity index (χ0) is 19.0. The summed E-state index contributed by atoms with van der Waals surface area (Å²) in [6.45, 7) is 0.463. The van der Waals surface area contributed by atoms with E-state index >= 15 is 0 Å². The first kappa shape index (κ1) is 17.3. The van der Waals surface area contributed by atoms with Gasteiger partial charge in [-0.05, 0) is 24.3 Å². The number of hydrogen-bond acceptors (Lipinski definition) is 5. The van der Waals surface area contributed by atoms with Crippen LogP contribution in [-0.4, -0.2) is 28.2 Å². The third kappa shape index (κ3) is 3.33. The first-order valence-electron chi connectivity index (χ1n) is 8.09. The first-order chi connectivity index (χ1) is 13.0. The molecule has 0 aliphatic carbocycles. The van der Waals surface area contributed by atoms with Crippen LogP contribution in [-0.2, 0) is 13.0 Å². The van der Waals surface area contributed by atoms with E-state index in [0.29, 0.717) is 11.6 Å². The summed E-state index contributed by atoms with van der Waals surface area (Å²) in [5, 5.41) is 3.03. The highest BCUT2D eigenvalue weighted by molar-refractivity contribution is 7.15. The zero-order valence-electron chi connectivity index (χ0n) is 13.9. The minimum atomic E-state index is -0.887. The summed E-state index contributed by atoms with van der Waals surface area (Å²) in [5.74, 6) is -2.74. The molecule has 0 bridgehead atoms. The third-order valence-corrected chi connectivity index (χ3v) is 5.16. The molecule has 0 spiro atoms. The molecule has 9 heteroatoms. The lowest BCUT2D eigenvalue weighted by Crippen LogP contribution is -2.36. The van der Waals surface area contributed by atoms with E-state index in [1.165, 1.54) is 34.6 Å². The molecule has 1 N–H and O–H groups in total. The molecule has 0 radical (unpaired) electrons. The Morgan fingerprint density at radius 3 is 2.67 bits per heavy atom. The summed E-state index contributed by atoms with van der Waals surface area (Å²) in [7, 11) is 0. The summed E-state index contributed by atoms with van der Waals surface area (Å²) < 4.78 is 32.8. The maximum Gasteiger partial charge on any atom is 0.293 e. The molecule has 27 heavy (non-hydrogen) atoms. The molecule has 3 aromatic rings. The molecule has 0 saturated heterocycles. The number of nitrogens with one attached hydrogen (secondary N) is 1. The van der Waals surface area contributed by atoms with Gasteiger partial charge in [-0.15, -0.1) is 0 Å². The molecule has 1 aliphatic heterocycles. The fourth-order valence-electron chi connectivity index (χ4n) is 2.85. The second-order valence-corrected chi connectivity index (χ2v) is 6.98. The van der Waals surface area contributed by atoms with Gasteiger partial charge in [-0.3, -0.25) is 14.9 Å². The van der Waals surface area contributed by atoms with E-state index < -0.39 is 29.0 Å². The van der Waals surface area contributed by atoms with Crippen molar-refractivity contribution in [3.63, 3.8) is 0 Å². The van der Waals surface area contributed by atoms with Crippen LogP contribution in [0.25, 0.3) is 0 Å². The number of carbonyl (C=O) groups is 2. The van der Waals surface area contributed by atoms with E-state index in [4.69, 9.17) is 4.42 Å². The number of halogens is 2. The first-order valence-corrected chi connectivity index (χ1v) is 8.91. The van der Waals surface area contributed by atoms with Crippen molar-refractivity contribution in [3.8, 4) is 0 Å².